The number of methoxy groups -OCH3 is 1. The van der Waals surface area contributed by atoms with Crippen LogP contribution >= 0.6 is 0 Å². The van der Waals surface area contributed by atoms with Crippen LogP contribution in [0.15, 0.2) is 42.5 Å². The van der Waals surface area contributed by atoms with Gasteiger partial charge in [0, 0.05) is 5.56 Å². The van der Waals surface area contributed by atoms with Gasteiger partial charge in [-0.1, -0.05) is 12.1 Å². The lowest BCUT2D eigenvalue weighted by molar-refractivity contribution is 0.0951. The molecule has 0 amide bonds. The van der Waals surface area contributed by atoms with Crippen molar-refractivity contribution in [2.45, 2.75) is 19.4 Å². The molecule has 0 aromatic heterocycles. The number of hydrogen-bond acceptors (Lipinski definition) is 4. The van der Waals surface area contributed by atoms with Crippen molar-refractivity contribution in [2.75, 3.05) is 19.4 Å². The Morgan fingerprint density at radius 1 is 1.26 bits per heavy atom. The van der Waals surface area contributed by atoms with Crippen molar-refractivity contribution >= 4 is 11.5 Å². The second-order valence-corrected chi connectivity index (χ2v) is 5.37. The van der Waals surface area contributed by atoms with Crippen LogP contribution in [0.5, 0.6) is 5.75 Å². The molecule has 2 aromatic carbocycles. The van der Waals surface area contributed by atoms with Crippen molar-refractivity contribution in [1.29, 1.82) is 0 Å². The largest absolute Gasteiger partial charge is 0.495 e. The van der Waals surface area contributed by atoms with Crippen molar-refractivity contribution < 1.29 is 13.9 Å². The zero-order chi connectivity index (χ0) is 16.8. The summed E-state index contributed by atoms with van der Waals surface area (Å²) < 4.78 is 17.9. The fourth-order valence-electron chi connectivity index (χ4n) is 2.31. The van der Waals surface area contributed by atoms with E-state index in [9.17, 15) is 9.18 Å². The lowest BCUT2D eigenvalue weighted by atomic mass is 10.0. The SMILES string of the molecule is COc1ccc(C(=O)C(C)NCCc2ccc(F)cc2)cc1N. The first-order valence-electron chi connectivity index (χ1n) is 7.47. The number of hydrogen-bond donors (Lipinski definition) is 2. The van der Waals surface area contributed by atoms with Crippen LogP contribution < -0.4 is 15.8 Å². The molecule has 0 fully saturated rings. The van der Waals surface area contributed by atoms with E-state index in [1.165, 1.54) is 19.2 Å². The van der Waals surface area contributed by atoms with Crippen molar-refractivity contribution in [2.24, 2.45) is 0 Å². The summed E-state index contributed by atoms with van der Waals surface area (Å²) >= 11 is 0. The molecule has 0 aliphatic heterocycles. The molecule has 2 aromatic rings. The monoisotopic (exact) mass is 316 g/mol. The van der Waals surface area contributed by atoms with Crippen molar-refractivity contribution in [3.05, 3.63) is 59.4 Å². The Morgan fingerprint density at radius 3 is 2.57 bits per heavy atom. The number of ether oxygens (including phenoxy) is 1. The molecular weight excluding hydrogens is 295 g/mol. The minimum absolute atomic E-state index is 0.0292. The first-order chi connectivity index (χ1) is 11.0. The highest BCUT2D eigenvalue weighted by Crippen LogP contribution is 2.22. The van der Waals surface area contributed by atoms with Crippen LogP contribution in [-0.2, 0) is 6.42 Å². The Balaban J connectivity index is 1.89. The summed E-state index contributed by atoms with van der Waals surface area (Å²) in [4.78, 5) is 12.4. The maximum atomic E-state index is 12.8. The van der Waals surface area contributed by atoms with Gasteiger partial charge in [0.05, 0.1) is 18.8 Å². The molecule has 122 valence electrons. The topological polar surface area (TPSA) is 64.3 Å². The third kappa shape index (κ3) is 4.53. The van der Waals surface area contributed by atoms with E-state index in [0.717, 1.165) is 12.0 Å². The van der Waals surface area contributed by atoms with Crippen LogP contribution in [0.25, 0.3) is 0 Å². The van der Waals surface area contributed by atoms with Crippen LogP contribution in [0.2, 0.25) is 0 Å². The number of ketones is 1. The fourth-order valence-corrected chi connectivity index (χ4v) is 2.31. The van der Waals surface area contributed by atoms with Gasteiger partial charge < -0.3 is 15.8 Å². The van der Waals surface area contributed by atoms with Gasteiger partial charge >= 0.3 is 0 Å². The predicted octanol–water partition coefficient (Wildman–Crippen LogP) is 2.82. The number of halogens is 1. The highest BCUT2D eigenvalue weighted by molar-refractivity contribution is 6.00. The fraction of sp³-hybridized carbons (Fsp3) is 0.278. The molecule has 1 atom stereocenters. The van der Waals surface area contributed by atoms with Crippen LogP contribution in [0.3, 0.4) is 0 Å². The summed E-state index contributed by atoms with van der Waals surface area (Å²) in [5, 5.41) is 3.18. The van der Waals surface area contributed by atoms with E-state index in [0.29, 0.717) is 23.5 Å². The molecule has 0 saturated carbocycles. The highest BCUT2D eigenvalue weighted by atomic mass is 19.1. The molecule has 5 heteroatoms. The van der Waals surface area contributed by atoms with Gasteiger partial charge in [-0.3, -0.25) is 4.79 Å². The zero-order valence-electron chi connectivity index (χ0n) is 13.3. The first-order valence-corrected chi connectivity index (χ1v) is 7.47. The third-order valence-electron chi connectivity index (χ3n) is 3.68. The summed E-state index contributed by atoms with van der Waals surface area (Å²) in [7, 11) is 1.53. The Labute approximate surface area is 135 Å². The second kappa shape index (κ2) is 7.74. The standard InChI is InChI=1S/C18H21FN2O2/c1-12(21-10-9-13-3-6-15(19)7-4-13)18(22)14-5-8-17(23-2)16(20)11-14/h3-8,11-12,21H,9-10,20H2,1-2H3. The molecule has 0 aliphatic rings. The molecule has 0 aliphatic carbocycles. The van der Waals surface area contributed by atoms with E-state index in [2.05, 4.69) is 5.32 Å². The molecule has 0 spiro atoms. The summed E-state index contributed by atoms with van der Waals surface area (Å²) in [6.07, 6.45) is 0.725. The van der Waals surface area contributed by atoms with E-state index in [1.54, 1.807) is 30.3 Å². The number of benzene rings is 2. The maximum absolute atomic E-state index is 12.8. The van der Waals surface area contributed by atoms with Gasteiger partial charge in [0.1, 0.15) is 11.6 Å². The minimum Gasteiger partial charge on any atom is -0.495 e. The van der Waals surface area contributed by atoms with Gasteiger partial charge in [0.15, 0.2) is 5.78 Å². The van der Waals surface area contributed by atoms with E-state index >= 15 is 0 Å². The number of Topliss-reactive ketones (excluding diaryl/α,β-unsaturated/α-hetero) is 1. The Morgan fingerprint density at radius 2 is 1.96 bits per heavy atom. The van der Waals surface area contributed by atoms with E-state index in [1.807, 2.05) is 6.92 Å². The molecule has 1 unspecified atom stereocenters. The van der Waals surface area contributed by atoms with Crippen LogP contribution in [-0.4, -0.2) is 25.5 Å². The lowest BCUT2D eigenvalue weighted by Gasteiger charge is -2.14. The smallest absolute Gasteiger partial charge is 0.179 e. The van der Waals surface area contributed by atoms with Crippen molar-refractivity contribution in [3.63, 3.8) is 0 Å². The van der Waals surface area contributed by atoms with Gasteiger partial charge in [-0.05, 0) is 55.8 Å². The summed E-state index contributed by atoms with van der Waals surface area (Å²) in [5.74, 6) is 0.277. The maximum Gasteiger partial charge on any atom is 0.179 e. The number of carbonyl (C=O) groups is 1. The first kappa shape index (κ1) is 17.0. The number of rotatable bonds is 7. The molecule has 0 bridgehead atoms. The molecule has 0 saturated heterocycles. The van der Waals surface area contributed by atoms with Gasteiger partial charge in [-0.2, -0.15) is 0 Å². The number of nitrogens with two attached hydrogens (primary N) is 1. The zero-order valence-corrected chi connectivity index (χ0v) is 13.3. The summed E-state index contributed by atoms with van der Waals surface area (Å²) in [6, 6.07) is 11.0. The lowest BCUT2D eigenvalue weighted by Crippen LogP contribution is -2.35. The third-order valence-corrected chi connectivity index (χ3v) is 3.68. The normalized spacial score (nSPS) is 12.0. The number of nitrogens with one attached hydrogen (secondary N) is 1. The molecule has 4 nitrogen and oxygen atoms in total. The van der Waals surface area contributed by atoms with Crippen molar-refractivity contribution in [1.82, 2.24) is 5.32 Å². The molecule has 23 heavy (non-hydrogen) atoms. The Bertz CT molecular complexity index is 671. The quantitative estimate of drug-likeness (QED) is 0.609. The number of carbonyl (C=O) groups excluding carboxylic acids is 1. The highest BCUT2D eigenvalue weighted by Gasteiger charge is 2.15. The average molecular weight is 316 g/mol. The van der Waals surface area contributed by atoms with Gasteiger partial charge in [-0.15, -0.1) is 0 Å². The van der Waals surface area contributed by atoms with Crippen LogP contribution in [0.4, 0.5) is 10.1 Å². The Hall–Kier alpha value is -2.40. The van der Waals surface area contributed by atoms with E-state index in [-0.39, 0.29) is 17.6 Å². The molecule has 3 N–H and O–H groups in total. The van der Waals surface area contributed by atoms with Crippen LogP contribution in [0.1, 0.15) is 22.8 Å². The summed E-state index contributed by atoms with van der Waals surface area (Å²) in [5.41, 5.74) is 7.84. The molecule has 2 rings (SSSR count). The second-order valence-electron chi connectivity index (χ2n) is 5.37. The van der Waals surface area contributed by atoms with Gasteiger partial charge in [-0.25, -0.2) is 4.39 Å². The summed E-state index contributed by atoms with van der Waals surface area (Å²) in [6.45, 7) is 2.44. The van der Waals surface area contributed by atoms with Gasteiger partial charge in [0.25, 0.3) is 0 Å². The predicted molar refractivity (Wildman–Crippen MR) is 89.3 cm³/mol. The van der Waals surface area contributed by atoms with Gasteiger partial charge in [0.2, 0.25) is 0 Å². The number of nitrogen functional groups attached to an aromatic ring is 1. The molecule has 0 radical (unpaired) electrons. The molecular formula is C18H21FN2O2. The van der Waals surface area contributed by atoms with Crippen LogP contribution in [0, 0.1) is 5.82 Å². The molecule has 0 heterocycles. The van der Waals surface area contributed by atoms with Crippen molar-refractivity contribution in [3.8, 4) is 5.75 Å². The van der Waals surface area contributed by atoms with E-state index < -0.39 is 0 Å². The number of anilines is 1. The average Bonchev–Trinajstić information content (AvgIpc) is 2.55. The Kier molecular flexibility index (Phi) is 5.71. The van der Waals surface area contributed by atoms with E-state index in [4.69, 9.17) is 10.5 Å². The minimum atomic E-state index is -0.330.